The Bertz CT molecular complexity index is 636. The number of aliphatic hydroxyl groups is 1. The second-order valence-corrected chi connectivity index (χ2v) is 5.65. The van der Waals surface area contributed by atoms with Gasteiger partial charge in [-0.3, -0.25) is 4.79 Å². The van der Waals surface area contributed by atoms with Gasteiger partial charge in [-0.15, -0.1) is 0 Å². The van der Waals surface area contributed by atoms with E-state index < -0.39 is 17.5 Å². The number of aliphatic carboxylic acids is 1. The third-order valence-corrected chi connectivity index (χ3v) is 4.39. The Kier molecular flexibility index (Phi) is 3.22. The highest BCUT2D eigenvalue weighted by Crippen LogP contribution is 2.43. The molecular weight excluding hydrogens is 252 g/mol. The van der Waals surface area contributed by atoms with E-state index in [4.69, 9.17) is 0 Å². The van der Waals surface area contributed by atoms with Crippen LogP contribution in [-0.2, 0) is 4.79 Å². The van der Waals surface area contributed by atoms with Crippen LogP contribution in [-0.4, -0.2) is 21.8 Å². The molecule has 2 aromatic rings. The minimum Gasteiger partial charge on any atom is -0.481 e. The van der Waals surface area contributed by atoms with Gasteiger partial charge in [0.1, 0.15) is 5.92 Å². The van der Waals surface area contributed by atoms with E-state index in [1.807, 2.05) is 42.5 Å². The Morgan fingerprint density at radius 2 is 1.70 bits per heavy atom. The highest BCUT2D eigenvalue weighted by molar-refractivity contribution is 5.91. The number of carbonyl (C=O) groups is 1. The first-order chi connectivity index (χ1) is 9.62. The van der Waals surface area contributed by atoms with E-state index in [1.54, 1.807) is 0 Å². The van der Waals surface area contributed by atoms with Gasteiger partial charge in [0.05, 0.1) is 5.60 Å². The number of fused-ring (bicyclic) bond motifs is 1. The topological polar surface area (TPSA) is 57.5 Å². The fraction of sp³-hybridized carbons (Fsp3) is 0.353. The monoisotopic (exact) mass is 270 g/mol. The molecule has 3 heteroatoms. The van der Waals surface area contributed by atoms with Crippen molar-refractivity contribution in [3.05, 3.63) is 48.0 Å². The fourth-order valence-corrected chi connectivity index (χ4v) is 3.43. The van der Waals surface area contributed by atoms with Gasteiger partial charge in [-0.25, -0.2) is 0 Å². The molecule has 0 amide bonds. The predicted molar refractivity (Wildman–Crippen MR) is 77.7 cm³/mol. The van der Waals surface area contributed by atoms with E-state index in [2.05, 4.69) is 0 Å². The molecule has 0 aliphatic heterocycles. The standard InChI is InChI=1S/C17H18O3/c18-16(19)15(17(20)10-3-4-11-17)14-9-5-7-12-6-1-2-8-13(12)14/h1-2,5-9,15,20H,3-4,10-11H2,(H,18,19). The van der Waals surface area contributed by atoms with E-state index in [1.165, 1.54) is 0 Å². The minimum absolute atomic E-state index is 0.563. The SMILES string of the molecule is O=C(O)C(c1cccc2ccccc12)C1(O)CCCC1. The quantitative estimate of drug-likeness (QED) is 0.899. The maximum Gasteiger partial charge on any atom is 0.313 e. The first kappa shape index (κ1) is 13.1. The van der Waals surface area contributed by atoms with Crippen molar-refractivity contribution in [2.75, 3.05) is 0 Å². The molecule has 1 unspecified atom stereocenters. The average Bonchev–Trinajstić information content (AvgIpc) is 2.86. The Hall–Kier alpha value is -1.87. The molecule has 0 heterocycles. The molecule has 2 N–H and O–H groups in total. The largest absolute Gasteiger partial charge is 0.481 e. The zero-order valence-electron chi connectivity index (χ0n) is 11.2. The smallest absolute Gasteiger partial charge is 0.313 e. The second kappa shape index (κ2) is 4.91. The number of rotatable bonds is 3. The van der Waals surface area contributed by atoms with Gasteiger partial charge in [-0.2, -0.15) is 0 Å². The molecule has 0 spiro atoms. The molecule has 0 bridgehead atoms. The van der Waals surface area contributed by atoms with Crippen LogP contribution in [0.4, 0.5) is 0 Å². The van der Waals surface area contributed by atoms with Crippen LogP contribution < -0.4 is 0 Å². The van der Waals surface area contributed by atoms with Gasteiger partial charge in [0.25, 0.3) is 0 Å². The number of carboxylic acids is 1. The van der Waals surface area contributed by atoms with Crippen molar-refractivity contribution in [3.8, 4) is 0 Å². The summed E-state index contributed by atoms with van der Waals surface area (Å²) in [6.45, 7) is 0. The van der Waals surface area contributed by atoms with Crippen LogP contribution in [0.2, 0.25) is 0 Å². The Morgan fingerprint density at radius 3 is 2.40 bits per heavy atom. The van der Waals surface area contributed by atoms with Crippen molar-refractivity contribution in [2.24, 2.45) is 0 Å². The van der Waals surface area contributed by atoms with Gasteiger partial charge >= 0.3 is 5.97 Å². The summed E-state index contributed by atoms with van der Waals surface area (Å²) in [6.07, 6.45) is 2.91. The van der Waals surface area contributed by atoms with Crippen molar-refractivity contribution < 1.29 is 15.0 Å². The molecule has 20 heavy (non-hydrogen) atoms. The molecule has 0 radical (unpaired) electrons. The Labute approximate surface area is 117 Å². The van der Waals surface area contributed by atoms with Gasteiger partial charge in [-0.05, 0) is 29.2 Å². The Balaban J connectivity index is 2.17. The molecule has 2 aromatic carbocycles. The van der Waals surface area contributed by atoms with Crippen LogP contribution in [0.1, 0.15) is 37.2 Å². The number of hydrogen-bond donors (Lipinski definition) is 2. The van der Waals surface area contributed by atoms with Crippen molar-refractivity contribution >= 4 is 16.7 Å². The van der Waals surface area contributed by atoms with Gasteiger partial charge in [0.2, 0.25) is 0 Å². The molecule has 1 aliphatic carbocycles. The van der Waals surface area contributed by atoms with Crippen molar-refractivity contribution in [1.82, 2.24) is 0 Å². The molecule has 0 aromatic heterocycles. The molecule has 104 valence electrons. The molecule has 1 atom stereocenters. The first-order valence-electron chi connectivity index (χ1n) is 7.05. The lowest BCUT2D eigenvalue weighted by molar-refractivity contribution is -0.145. The lowest BCUT2D eigenvalue weighted by atomic mass is 9.79. The summed E-state index contributed by atoms with van der Waals surface area (Å²) in [5.74, 6) is -1.79. The van der Waals surface area contributed by atoms with Crippen molar-refractivity contribution in [1.29, 1.82) is 0 Å². The third-order valence-electron chi connectivity index (χ3n) is 4.39. The molecule has 1 fully saturated rings. The highest BCUT2D eigenvalue weighted by Gasteiger charge is 2.45. The lowest BCUT2D eigenvalue weighted by Crippen LogP contribution is -2.38. The highest BCUT2D eigenvalue weighted by atomic mass is 16.4. The number of benzene rings is 2. The van der Waals surface area contributed by atoms with E-state index in [-0.39, 0.29) is 0 Å². The molecule has 1 saturated carbocycles. The van der Waals surface area contributed by atoms with Crippen molar-refractivity contribution in [2.45, 2.75) is 37.2 Å². The van der Waals surface area contributed by atoms with Gasteiger partial charge in [-0.1, -0.05) is 55.3 Å². The summed E-state index contributed by atoms with van der Waals surface area (Å²) in [5, 5.41) is 22.3. The summed E-state index contributed by atoms with van der Waals surface area (Å²) in [7, 11) is 0. The predicted octanol–water partition coefficient (Wildman–Crippen LogP) is 3.31. The summed E-state index contributed by atoms with van der Waals surface area (Å²) in [6, 6.07) is 13.4. The third kappa shape index (κ3) is 2.08. The summed E-state index contributed by atoms with van der Waals surface area (Å²) in [5.41, 5.74) is -0.393. The van der Waals surface area contributed by atoms with E-state index in [0.717, 1.165) is 29.2 Å². The average molecular weight is 270 g/mol. The van der Waals surface area contributed by atoms with Crippen LogP contribution in [0.5, 0.6) is 0 Å². The van der Waals surface area contributed by atoms with Gasteiger partial charge < -0.3 is 10.2 Å². The van der Waals surface area contributed by atoms with E-state index in [0.29, 0.717) is 12.8 Å². The molecule has 0 saturated heterocycles. The number of hydrogen-bond acceptors (Lipinski definition) is 2. The second-order valence-electron chi connectivity index (χ2n) is 5.65. The van der Waals surface area contributed by atoms with E-state index in [9.17, 15) is 15.0 Å². The summed E-state index contributed by atoms with van der Waals surface area (Å²) >= 11 is 0. The first-order valence-corrected chi connectivity index (χ1v) is 7.05. The Morgan fingerprint density at radius 1 is 1.05 bits per heavy atom. The lowest BCUT2D eigenvalue weighted by Gasteiger charge is -2.30. The van der Waals surface area contributed by atoms with Crippen LogP contribution >= 0.6 is 0 Å². The molecular formula is C17H18O3. The van der Waals surface area contributed by atoms with Crippen molar-refractivity contribution in [3.63, 3.8) is 0 Å². The van der Waals surface area contributed by atoms with Gasteiger partial charge in [0.15, 0.2) is 0 Å². The maximum absolute atomic E-state index is 11.8. The molecule has 3 rings (SSSR count). The van der Waals surface area contributed by atoms with E-state index >= 15 is 0 Å². The normalized spacial score (nSPS) is 19.1. The zero-order valence-corrected chi connectivity index (χ0v) is 11.2. The summed E-state index contributed by atoms with van der Waals surface area (Å²) in [4.78, 5) is 11.8. The van der Waals surface area contributed by atoms with Crippen LogP contribution in [0.25, 0.3) is 10.8 Å². The zero-order chi connectivity index (χ0) is 14.2. The van der Waals surface area contributed by atoms with Crippen LogP contribution in [0, 0.1) is 0 Å². The number of carboxylic acid groups (broad SMARTS) is 1. The van der Waals surface area contributed by atoms with Crippen LogP contribution in [0.15, 0.2) is 42.5 Å². The molecule has 3 nitrogen and oxygen atoms in total. The minimum atomic E-state index is -1.12. The summed E-state index contributed by atoms with van der Waals surface area (Å²) < 4.78 is 0. The molecule has 1 aliphatic rings. The fourth-order valence-electron chi connectivity index (χ4n) is 3.43. The maximum atomic E-state index is 11.8. The van der Waals surface area contributed by atoms with Gasteiger partial charge in [0, 0.05) is 0 Å². The van der Waals surface area contributed by atoms with Crippen LogP contribution in [0.3, 0.4) is 0 Å².